The lowest BCUT2D eigenvalue weighted by Gasteiger charge is -2.28. The Balaban J connectivity index is 2.17. The minimum Gasteiger partial charge on any atom is -0.371 e. The number of hydrogen-bond acceptors (Lipinski definition) is 1. The maximum atomic E-state index is 12.6. The summed E-state index contributed by atoms with van der Waals surface area (Å²) in [7, 11) is -0.959. The first-order valence-corrected chi connectivity index (χ1v) is 12.4. The summed E-state index contributed by atoms with van der Waals surface area (Å²) in [5.41, 5.74) is 0.414. The molecule has 0 bridgehead atoms. The standard InChI is InChI=1S/C15H22F3OSSi/c1-21(2,3)11-20-9-8-19-10-14(20)12-4-6-13(7-5-12)15(16,17)18/h4-7,14H,8-11H2,1-3H3/q+1/t14-,20?/m1/s1. The van der Waals surface area contributed by atoms with E-state index in [0.29, 0.717) is 6.61 Å². The van der Waals surface area contributed by atoms with Crippen molar-refractivity contribution in [2.24, 2.45) is 0 Å². The summed E-state index contributed by atoms with van der Waals surface area (Å²) >= 11 is 0. The highest BCUT2D eigenvalue weighted by Gasteiger charge is 2.39. The first-order valence-electron chi connectivity index (χ1n) is 7.08. The van der Waals surface area contributed by atoms with Gasteiger partial charge in [0.1, 0.15) is 13.8 Å². The molecule has 1 aliphatic rings. The summed E-state index contributed by atoms with van der Waals surface area (Å²) in [5.74, 6) is 1.04. The lowest BCUT2D eigenvalue weighted by Crippen LogP contribution is -2.41. The molecule has 2 rings (SSSR count). The zero-order valence-corrected chi connectivity index (χ0v) is 14.5. The van der Waals surface area contributed by atoms with Crippen LogP contribution < -0.4 is 0 Å². The Morgan fingerprint density at radius 3 is 2.33 bits per heavy atom. The monoisotopic (exact) mass is 335 g/mol. The average molecular weight is 335 g/mol. The average Bonchev–Trinajstić information content (AvgIpc) is 2.37. The maximum Gasteiger partial charge on any atom is 0.416 e. The van der Waals surface area contributed by atoms with Crippen molar-refractivity contribution >= 4 is 19.0 Å². The van der Waals surface area contributed by atoms with Gasteiger partial charge >= 0.3 is 6.18 Å². The van der Waals surface area contributed by atoms with Crippen LogP contribution in [0.15, 0.2) is 24.3 Å². The summed E-state index contributed by atoms with van der Waals surface area (Å²) < 4.78 is 43.5. The molecule has 21 heavy (non-hydrogen) atoms. The van der Waals surface area contributed by atoms with Crippen LogP contribution in [0, 0.1) is 0 Å². The molecule has 1 aromatic carbocycles. The van der Waals surface area contributed by atoms with E-state index in [1.165, 1.54) is 17.5 Å². The van der Waals surface area contributed by atoms with Crippen LogP contribution in [0.4, 0.5) is 13.2 Å². The molecule has 0 saturated carbocycles. The minimum absolute atomic E-state index is 0.225. The molecule has 0 amide bonds. The molecule has 0 aliphatic carbocycles. The Kier molecular flexibility index (Phi) is 5.10. The predicted octanol–water partition coefficient (Wildman–Crippen LogP) is 4.27. The number of halogens is 3. The van der Waals surface area contributed by atoms with Gasteiger partial charge in [-0.25, -0.2) is 0 Å². The second-order valence-electron chi connectivity index (χ2n) is 6.63. The second-order valence-corrected chi connectivity index (χ2v) is 15.0. The van der Waals surface area contributed by atoms with Crippen molar-refractivity contribution in [3.05, 3.63) is 35.4 Å². The van der Waals surface area contributed by atoms with Gasteiger partial charge in [0.15, 0.2) is 5.25 Å². The number of benzene rings is 1. The van der Waals surface area contributed by atoms with E-state index in [0.717, 1.165) is 17.9 Å². The molecule has 1 aromatic rings. The van der Waals surface area contributed by atoms with E-state index in [-0.39, 0.29) is 16.1 Å². The Morgan fingerprint density at radius 1 is 1.19 bits per heavy atom. The molecule has 118 valence electrons. The molecule has 2 atom stereocenters. The summed E-state index contributed by atoms with van der Waals surface area (Å²) in [5, 5.41) is 1.48. The van der Waals surface area contributed by atoms with Crippen LogP contribution >= 0.6 is 0 Å². The lowest BCUT2D eigenvalue weighted by molar-refractivity contribution is -0.137. The van der Waals surface area contributed by atoms with Crippen LogP contribution in [0.25, 0.3) is 0 Å². The maximum absolute atomic E-state index is 12.6. The normalized spacial score (nSPS) is 24.1. The Labute approximate surface area is 128 Å². The first-order chi connectivity index (χ1) is 9.67. The zero-order valence-electron chi connectivity index (χ0n) is 12.7. The summed E-state index contributed by atoms with van der Waals surface area (Å²) in [4.78, 5) is 0. The van der Waals surface area contributed by atoms with E-state index < -0.39 is 19.8 Å². The molecule has 0 spiro atoms. The lowest BCUT2D eigenvalue weighted by atomic mass is 10.1. The van der Waals surface area contributed by atoms with Gasteiger partial charge in [0.2, 0.25) is 0 Å². The fraction of sp³-hybridized carbons (Fsp3) is 0.600. The van der Waals surface area contributed by atoms with Gasteiger partial charge in [0.25, 0.3) is 0 Å². The molecular formula is C15H22F3OSSi+. The van der Waals surface area contributed by atoms with Gasteiger partial charge in [-0.05, 0) is 23.0 Å². The van der Waals surface area contributed by atoms with Crippen LogP contribution in [-0.4, -0.2) is 32.4 Å². The topological polar surface area (TPSA) is 9.23 Å². The van der Waals surface area contributed by atoms with E-state index in [1.807, 2.05) is 0 Å². The zero-order chi connectivity index (χ0) is 15.7. The van der Waals surface area contributed by atoms with Crippen molar-refractivity contribution in [3.8, 4) is 0 Å². The van der Waals surface area contributed by atoms with Gasteiger partial charge < -0.3 is 4.74 Å². The fourth-order valence-electron chi connectivity index (χ4n) is 2.50. The molecule has 6 heteroatoms. The smallest absolute Gasteiger partial charge is 0.371 e. The molecule has 1 heterocycles. The van der Waals surface area contributed by atoms with Crippen molar-refractivity contribution in [2.45, 2.75) is 31.1 Å². The Bertz CT molecular complexity index is 467. The van der Waals surface area contributed by atoms with E-state index in [4.69, 9.17) is 4.74 Å². The van der Waals surface area contributed by atoms with Gasteiger partial charge in [0, 0.05) is 5.56 Å². The second kappa shape index (κ2) is 6.34. The van der Waals surface area contributed by atoms with Crippen LogP contribution in [0.3, 0.4) is 0 Å². The molecule has 1 unspecified atom stereocenters. The van der Waals surface area contributed by atoms with Crippen LogP contribution in [0.5, 0.6) is 0 Å². The van der Waals surface area contributed by atoms with Crippen LogP contribution in [0.1, 0.15) is 16.4 Å². The molecule has 1 saturated heterocycles. The van der Waals surface area contributed by atoms with E-state index >= 15 is 0 Å². The van der Waals surface area contributed by atoms with Crippen molar-refractivity contribution in [2.75, 3.05) is 24.3 Å². The minimum atomic E-state index is -4.26. The molecule has 0 aromatic heterocycles. The molecule has 0 radical (unpaired) electrons. The van der Waals surface area contributed by atoms with Gasteiger partial charge in [-0.3, -0.25) is 0 Å². The fourth-order valence-corrected chi connectivity index (χ4v) is 9.78. The summed E-state index contributed by atoms with van der Waals surface area (Å²) in [6.45, 7) is 8.46. The summed E-state index contributed by atoms with van der Waals surface area (Å²) in [6, 6.07) is 5.65. The predicted molar refractivity (Wildman–Crippen MR) is 85.4 cm³/mol. The number of rotatable bonds is 3. The van der Waals surface area contributed by atoms with E-state index in [9.17, 15) is 13.2 Å². The van der Waals surface area contributed by atoms with Crippen molar-refractivity contribution < 1.29 is 17.9 Å². The van der Waals surface area contributed by atoms with Crippen molar-refractivity contribution in [1.82, 2.24) is 0 Å². The number of alkyl halides is 3. The van der Waals surface area contributed by atoms with Gasteiger partial charge in [-0.15, -0.1) is 0 Å². The van der Waals surface area contributed by atoms with E-state index in [1.54, 1.807) is 12.1 Å². The number of hydrogen-bond donors (Lipinski definition) is 0. The Morgan fingerprint density at radius 2 is 1.81 bits per heavy atom. The van der Waals surface area contributed by atoms with Gasteiger partial charge in [-0.2, -0.15) is 13.2 Å². The first kappa shape index (κ1) is 16.9. The SMILES string of the molecule is C[Si](C)(C)C[S+]1CCOC[C@@H]1c1ccc(C(F)(F)F)cc1. The molecule has 0 N–H and O–H groups in total. The third kappa shape index (κ3) is 4.76. The molecule has 1 nitrogen and oxygen atoms in total. The highest BCUT2D eigenvalue weighted by molar-refractivity contribution is 7.98. The highest BCUT2D eigenvalue weighted by Crippen LogP contribution is 2.34. The van der Waals surface area contributed by atoms with Crippen LogP contribution in [-0.2, 0) is 21.8 Å². The molecule has 1 aliphatic heterocycles. The largest absolute Gasteiger partial charge is 0.416 e. The third-order valence-corrected chi connectivity index (χ3v) is 10.2. The van der Waals surface area contributed by atoms with Crippen molar-refractivity contribution in [3.63, 3.8) is 0 Å². The highest BCUT2D eigenvalue weighted by atomic mass is 32.2. The van der Waals surface area contributed by atoms with Gasteiger partial charge in [0.05, 0.1) is 24.2 Å². The van der Waals surface area contributed by atoms with Gasteiger partial charge in [-0.1, -0.05) is 31.8 Å². The van der Waals surface area contributed by atoms with E-state index in [2.05, 4.69) is 19.6 Å². The number of ether oxygens (including phenoxy) is 1. The Hall–Kier alpha value is -0.463. The summed E-state index contributed by atoms with van der Waals surface area (Å²) in [6.07, 6.45) is -4.26. The molecule has 1 fully saturated rings. The van der Waals surface area contributed by atoms with Crippen molar-refractivity contribution in [1.29, 1.82) is 0 Å². The third-order valence-electron chi connectivity index (χ3n) is 3.39. The quantitative estimate of drug-likeness (QED) is 0.592. The van der Waals surface area contributed by atoms with Crippen LogP contribution in [0.2, 0.25) is 19.6 Å². The molecular weight excluding hydrogens is 313 g/mol.